The van der Waals surface area contributed by atoms with Crippen molar-refractivity contribution in [3.8, 4) is 0 Å². The molecule has 0 N–H and O–H groups in total. The fraction of sp³-hybridized carbons (Fsp3) is 0.273. The fourth-order valence-electron chi connectivity index (χ4n) is 4.39. The van der Waals surface area contributed by atoms with E-state index in [0.717, 1.165) is 31.3 Å². The molecule has 1 atom stereocenters. The maximum atomic E-state index is 4.85. The zero-order valence-electron chi connectivity index (χ0n) is 23.7. The van der Waals surface area contributed by atoms with Crippen molar-refractivity contribution in [2.24, 2.45) is 0 Å². The van der Waals surface area contributed by atoms with E-state index in [2.05, 4.69) is 102 Å². The third-order valence-corrected chi connectivity index (χ3v) is 10.7. The molecular formula is C33H41N2P2Zn+. The van der Waals surface area contributed by atoms with Gasteiger partial charge in [-0.1, -0.05) is 131 Å². The van der Waals surface area contributed by atoms with E-state index in [1.807, 2.05) is 48.5 Å². The van der Waals surface area contributed by atoms with Crippen molar-refractivity contribution in [3.05, 3.63) is 120 Å². The Balaban J connectivity index is 0.000000263. The largest absolute Gasteiger partial charge is 2.00 e. The topological polar surface area (TPSA) is 28.2 Å². The van der Waals surface area contributed by atoms with Crippen LogP contribution in [0.4, 0.5) is 22.7 Å². The predicted molar refractivity (Wildman–Crippen MR) is 172 cm³/mol. The van der Waals surface area contributed by atoms with E-state index in [9.17, 15) is 0 Å². The van der Waals surface area contributed by atoms with Gasteiger partial charge in [0.1, 0.15) is 0 Å². The monoisotopic (exact) mass is 591 g/mol. The fourth-order valence-corrected chi connectivity index (χ4v) is 8.79. The zero-order valence-corrected chi connectivity index (χ0v) is 28.7. The van der Waals surface area contributed by atoms with Crippen LogP contribution in [0.3, 0.4) is 0 Å². The Labute approximate surface area is 246 Å². The number of para-hydroxylation sites is 4. The van der Waals surface area contributed by atoms with Crippen LogP contribution in [0.15, 0.2) is 109 Å². The van der Waals surface area contributed by atoms with Gasteiger partial charge in [0, 0.05) is 7.92 Å². The first-order valence-corrected chi connectivity index (χ1v) is 15.9. The number of hydrogen-bond donors (Lipinski definition) is 0. The molecule has 0 saturated heterocycles. The second-order valence-electron chi connectivity index (χ2n) is 9.99. The zero-order chi connectivity index (χ0) is 26.6. The van der Waals surface area contributed by atoms with Gasteiger partial charge in [0.25, 0.3) is 0 Å². The first-order valence-electron chi connectivity index (χ1n) is 13.2. The smallest absolute Gasteiger partial charge is 0.657 e. The van der Waals surface area contributed by atoms with Gasteiger partial charge in [0.05, 0.1) is 16.6 Å². The normalized spacial score (nSPS) is 11.0. The molecule has 4 aromatic rings. The van der Waals surface area contributed by atoms with E-state index in [1.165, 1.54) is 10.6 Å². The Hall–Kier alpha value is -2.04. The van der Waals surface area contributed by atoms with Crippen LogP contribution < -0.4 is 10.6 Å². The van der Waals surface area contributed by atoms with Crippen LogP contribution in [0, 0.1) is 0 Å². The van der Waals surface area contributed by atoms with Crippen LogP contribution >= 0.6 is 16.5 Å². The maximum absolute atomic E-state index is 4.85. The quantitative estimate of drug-likeness (QED) is 0.137. The molecule has 5 heteroatoms. The van der Waals surface area contributed by atoms with Crippen molar-refractivity contribution in [2.45, 2.75) is 58.5 Å². The number of rotatable bonds is 9. The molecule has 0 aliphatic rings. The van der Waals surface area contributed by atoms with Crippen molar-refractivity contribution in [1.82, 2.24) is 0 Å². The van der Waals surface area contributed by atoms with Crippen molar-refractivity contribution < 1.29 is 19.5 Å². The van der Waals surface area contributed by atoms with Crippen LogP contribution in [0.1, 0.15) is 41.5 Å². The predicted octanol–water partition coefficient (Wildman–Crippen LogP) is 10.4. The summed E-state index contributed by atoms with van der Waals surface area (Å²) in [6.45, 7) is 13.9. The summed E-state index contributed by atoms with van der Waals surface area (Å²) in [5.74, 6) is 0. The molecule has 0 aliphatic heterocycles. The average molecular weight is 593 g/mol. The van der Waals surface area contributed by atoms with Gasteiger partial charge in [-0.15, -0.1) is 17.1 Å². The molecule has 2 nitrogen and oxygen atoms in total. The molecule has 0 aromatic heterocycles. The van der Waals surface area contributed by atoms with Crippen LogP contribution in [0.2, 0.25) is 0 Å². The maximum Gasteiger partial charge on any atom is 2.00 e. The first-order chi connectivity index (χ1) is 17.8. The van der Waals surface area contributed by atoms with Gasteiger partial charge in [-0.3, -0.25) is 0 Å². The molecule has 0 radical (unpaired) electrons. The van der Waals surface area contributed by atoms with Crippen molar-refractivity contribution >= 4 is 49.9 Å². The van der Waals surface area contributed by atoms with Crippen molar-refractivity contribution in [2.75, 3.05) is 0 Å². The van der Waals surface area contributed by atoms with Crippen molar-refractivity contribution in [3.63, 3.8) is 0 Å². The summed E-state index contributed by atoms with van der Waals surface area (Å²) in [4.78, 5) is 0. The molecule has 0 saturated carbocycles. The minimum absolute atomic E-state index is 0. The second kappa shape index (κ2) is 16.8. The molecule has 4 aromatic carbocycles. The van der Waals surface area contributed by atoms with E-state index in [-0.39, 0.29) is 19.5 Å². The number of hydrogen-bond acceptors (Lipinski definition) is 0. The summed E-state index contributed by atoms with van der Waals surface area (Å²) in [6, 6.07) is 37.4. The summed E-state index contributed by atoms with van der Waals surface area (Å²) < 4.78 is 0. The van der Waals surface area contributed by atoms with Gasteiger partial charge in [0.2, 0.25) is 0 Å². The van der Waals surface area contributed by atoms with E-state index in [1.54, 1.807) is 0 Å². The first kappa shape index (κ1) is 32.2. The summed E-state index contributed by atoms with van der Waals surface area (Å²) >= 11 is 0. The van der Waals surface area contributed by atoms with E-state index >= 15 is 0 Å². The average Bonchev–Trinajstić information content (AvgIpc) is 2.87. The molecule has 0 amide bonds. The van der Waals surface area contributed by atoms with Gasteiger partial charge in [0.15, 0.2) is 0 Å². The Bertz CT molecular complexity index is 1190. The Morgan fingerprint density at radius 1 is 0.526 bits per heavy atom. The van der Waals surface area contributed by atoms with Gasteiger partial charge in [-0.05, 0) is 44.7 Å². The third kappa shape index (κ3) is 10.3. The van der Waals surface area contributed by atoms with Crippen LogP contribution in [0.25, 0.3) is 10.6 Å². The Morgan fingerprint density at radius 2 is 0.947 bits per heavy atom. The standard InChI is InChI=1S/C18H23NP.C15H17NP.Zn/c1-14(2)20(15(3)4)18-13-9-8-12-17(18)19-16-10-6-5-7-11-16;1-12(2)17-15-11-7-6-10-14(15)16-13-8-4-3-5-9-13;/h5-15H,1-4H3;3-12,17H,1-2H3;/q2*-1;+2/p+1. The summed E-state index contributed by atoms with van der Waals surface area (Å²) in [5.41, 5.74) is 6.42. The molecule has 194 valence electrons. The van der Waals surface area contributed by atoms with Crippen LogP contribution in [-0.4, -0.2) is 17.0 Å². The Kier molecular flexibility index (Phi) is 14.2. The molecule has 38 heavy (non-hydrogen) atoms. The summed E-state index contributed by atoms with van der Waals surface area (Å²) in [7, 11) is 0.219. The second-order valence-corrected chi connectivity index (χ2v) is 15.7. The molecular weight excluding hydrogens is 552 g/mol. The SMILES string of the molecule is CC(C)Pc1ccccc1[N-]c1ccccc1.CC(C)[PH+](c1ccccc1[N-]c1ccccc1)C(C)C.[Zn+2]. The summed E-state index contributed by atoms with van der Waals surface area (Å²) in [5, 5.41) is 12.4. The molecule has 0 bridgehead atoms. The van der Waals surface area contributed by atoms with Gasteiger partial charge in [-0.2, -0.15) is 0 Å². The van der Waals surface area contributed by atoms with E-state index in [4.69, 9.17) is 10.6 Å². The van der Waals surface area contributed by atoms with Gasteiger partial charge >= 0.3 is 19.5 Å². The number of benzene rings is 4. The summed E-state index contributed by atoms with van der Waals surface area (Å²) in [6.07, 6.45) is 0. The van der Waals surface area contributed by atoms with Gasteiger partial charge < -0.3 is 10.6 Å². The van der Waals surface area contributed by atoms with Crippen LogP contribution in [-0.2, 0) is 19.5 Å². The number of nitrogens with zero attached hydrogens (tertiary/aromatic N) is 2. The minimum Gasteiger partial charge on any atom is -0.657 e. The molecule has 1 unspecified atom stereocenters. The van der Waals surface area contributed by atoms with E-state index in [0.29, 0.717) is 17.0 Å². The van der Waals surface area contributed by atoms with Gasteiger partial charge in [-0.25, -0.2) is 0 Å². The van der Waals surface area contributed by atoms with E-state index < -0.39 is 7.92 Å². The minimum atomic E-state index is -0.599. The van der Waals surface area contributed by atoms with Crippen molar-refractivity contribution in [1.29, 1.82) is 0 Å². The molecule has 0 heterocycles. The molecule has 4 rings (SSSR count). The van der Waals surface area contributed by atoms with Crippen LogP contribution in [0.5, 0.6) is 0 Å². The molecule has 0 fully saturated rings. The molecule has 0 spiro atoms. The Morgan fingerprint density at radius 3 is 1.45 bits per heavy atom. The third-order valence-electron chi connectivity index (χ3n) is 5.82. The molecule has 0 aliphatic carbocycles.